The molecule has 0 unspecified atom stereocenters. The molecule has 0 aliphatic carbocycles. The first-order valence-electron chi connectivity index (χ1n) is 9.82. The Balaban J connectivity index is 1.41. The Hall–Kier alpha value is -2.54. The molecule has 2 aromatic carbocycles. The number of hydrogen-bond acceptors (Lipinski definition) is 4. The molecule has 1 saturated heterocycles. The summed E-state index contributed by atoms with van der Waals surface area (Å²) in [5.74, 6) is -0.145. The molecule has 6 nitrogen and oxygen atoms in total. The van der Waals surface area contributed by atoms with E-state index in [1.165, 1.54) is 6.20 Å². The molecule has 2 heterocycles. The van der Waals surface area contributed by atoms with E-state index in [0.717, 1.165) is 56.0 Å². The first-order valence-corrected chi connectivity index (χ1v) is 10.2. The topological polar surface area (TPSA) is 77.6 Å². The lowest BCUT2D eigenvalue weighted by Gasteiger charge is -2.26. The number of halogens is 1. The van der Waals surface area contributed by atoms with Crippen molar-refractivity contribution in [3.63, 3.8) is 0 Å². The van der Waals surface area contributed by atoms with Crippen molar-refractivity contribution in [1.29, 1.82) is 0 Å². The highest BCUT2D eigenvalue weighted by Crippen LogP contribution is 2.34. The van der Waals surface area contributed by atoms with Crippen molar-refractivity contribution >= 4 is 28.5 Å². The zero-order valence-corrected chi connectivity index (χ0v) is 16.8. The molecule has 7 heteroatoms. The van der Waals surface area contributed by atoms with Crippen LogP contribution in [0.4, 0.5) is 0 Å². The van der Waals surface area contributed by atoms with Crippen LogP contribution in [0.2, 0.25) is 5.02 Å². The van der Waals surface area contributed by atoms with E-state index in [9.17, 15) is 9.90 Å². The number of rotatable bonds is 7. The lowest BCUT2D eigenvalue weighted by atomic mass is 10.0. The maximum Gasteiger partial charge on any atom is 0.337 e. The van der Waals surface area contributed by atoms with Crippen molar-refractivity contribution in [2.75, 3.05) is 39.3 Å². The van der Waals surface area contributed by atoms with Gasteiger partial charge in [0.05, 0.1) is 17.2 Å². The van der Waals surface area contributed by atoms with Gasteiger partial charge in [-0.05, 0) is 36.2 Å². The Kier molecular flexibility index (Phi) is 6.04. The van der Waals surface area contributed by atoms with E-state index in [0.29, 0.717) is 22.5 Å². The third kappa shape index (κ3) is 4.56. The minimum atomic E-state index is -0.964. The summed E-state index contributed by atoms with van der Waals surface area (Å²) in [6.45, 7) is 6.06. The third-order valence-electron chi connectivity index (χ3n) is 5.26. The van der Waals surface area contributed by atoms with E-state index in [1.807, 2.05) is 30.3 Å². The largest absolute Gasteiger partial charge is 0.494 e. The number of ether oxygens (including phenoxy) is 1. The molecule has 1 aliphatic rings. The van der Waals surface area contributed by atoms with Crippen LogP contribution in [0.3, 0.4) is 0 Å². The van der Waals surface area contributed by atoms with E-state index < -0.39 is 5.97 Å². The van der Waals surface area contributed by atoms with Gasteiger partial charge in [-0.25, -0.2) is 4.79 Å². The number of carbonyl (C=O) groups is 1. The number of carboxylic acid groups (broad SMARTS) is 1. The van der Waals surface area contributed by atoms with Crippen molar-refractivity contribution in [3.05, 3.63) is 53.2 Å². The number of nitrogens with one attached hydrogen (secondary N) is 2. The number of hydrogen-bond donors (Lipinski definition) is 3. The highest BCUT2D eigenvalue weighted by Gasteiger charge is 2.14. The van der Waals surface area contributed by atoms with E-state index in [-0.39, 0.29) is 5.56 Å². The summed E-state index contributed by atoms with van der Waals surface area (Å²) in [5.41, 5.74) is 2.66. The molecule has 3 aromatic rings. The fourth-order valence-corrected chi connectivity index (χ4v) is 3.96. The number of nitrogens with zero attached hydrogens (tertiary/aromatic N) is 1. The average Bonchev–Trinajstić information content (AvgIpc) is 3.15. The fourth-order valence-electron chi connectivity index (χ4n) is 3.68. The van der Waals surface area contributed by atoms with E-state index in [2.05, 4.69) is 15.2 Å². The molecular weight excluding hydrogens is 390 g/mol. The van der Waals surface area contributed by atoms with E-state index >= 15 is 0 Å². The van der Waals surface area contributed by atoms with Gasteiger partial charge in [-0.3, -0.25) is 0 Å². The zero-order valence-electron chi connectivity index (χ0n) is 16.1. The fraction of sp³-hybridized carbons (Fsp3) is 0.318. The number of aromatic amines is 1. The quantitative estimate of drug-likeness (QED) is 0.513. The van der Waals surface area contributed by atoms with Crippen LogP contribution < -0.4 is 10.1 Å². The van der Waals surface area contributed by atoms with Crippen LogP contribution in [0.15, 0.2) is 42.6 Å². The Morgan fingerprint density at radius 1 is 1.17 bits per heavy atom. The molecular formula is C22H24ClN3O3. The van der Waals surface area contributed by atoms with Crippen LogP contribution >= 0.6 is 11.6 Å². The minimum absolute atomic E-state index is 0.238. The second kappa shape index (κ2) is 8.86. The van der Waals surface area contributed by atoms with Crippen LogP contribution in [0.5, 0.6) is 5.75 Å². The van der Waals surface area contributed by atoms with Gasteiger partial charge in [0.2, 0.25) is 0 Å². The van der Waals surface area contributed by atoms with Crippen molar-refractivity contribution in [2.45, 2.75) is 6.42 Å². The number of carboxylic acids is 1. The number of aromatic nitrogens is 1. The van der Waals surface area contributed by atoms with Gasteiger partial charge in [0.15, 0.2) is 0 Å². The first kappa shape index (κ1) is 19.8. The van der Waals surface area contributed by atoms with Gasteiger partial charge in [0.1, 0.15) is 5.75 Å². The summed E-state index contributed by atoms with van der Waals surface area (Å²) in [6.07, 6.45) is 2.49. The van der Waals surface area contributed by atoms with Crippen LogP contribution in [-0.2, 0) is 0 Å². The molecule has 1 fully saturated rings. The number of aromatic carboxylic acids is 1. The van der Waals surface area contributed by atoms with E-state index in [4.69, 9.17) is 16.3 Å². The molecule has 4 rings (SSSR count). The van der Waals surface area contributed by atoms with E-state index in [1.54, 1.807) is 6.07 Å². The SMILES string of the molecule is O=C(O)c1c[nH]c2cc(Cl)c(-c3ccc(OCCCN4CCNCC4)cc3)cc12. The number of H-pyrrole nitrogens is 1. The van der Waals surface area contributed by atoms with Crippen LogP contribution in [0.1, 0.15) is 16.8 Å². The number of benzene rings is 2. The minimum Gasteiger partial charge on any atom is -0.494 e. The second-order valence-electron chi connectivity index (χ2n) is 7.20. The van der Waals surface area contributed by atoms with Gasteiger partial charge in [-0.2, -0.15) is 0 Å². The molecule has 0 bridgehead atoms. The summed E-state index contributed by atoms with van der Waals surface area (Å²) in [5, 5.41) is 13.9. The summed E-state index contributed by atoms with van der Waals surface area (Å²) in [4.78, 5) is 16.8. The third-order valence-corrected chi connectivity index (χ3v) is 5.57. The molecule has 3 N–H and O–H groups in total. The summed E-state index contributed by atoms with van der Waals surface area (Å²) in [6, 6.07) is 11.3. The monoisotopic (exact) mass is 413 g/mol. The molecule has 0 spiro atoms. The second-order valence-corrected chi connectivity index (χ2v) is 7.61. The smallest absolute Gasteiger partial charge is 0.337 e. The van der Waals surface area contributed by atoms with Gasteiger partial charge < -0.3 is 25.0 Å². The van der Waals surface area contributed by atoms with Gasteiger partial charge in [-0.15, -0.1) is 0 Å². The highest BCUT2D eigenvalue weighted by molar-refractivity contribution is 6.34. The molecule has 0 saturated carbocycles. The van der Waals surface area contributed by atoms with Gasteiger partial charge in [0, 0.05) is 55.4 Å². The predicted octanol–water partition coefficient (Wildman–Crippen LogP) is 3.86. The van der Waals surface area contributed by atoms with Crippen molar-refractivity contribution < 1.29 is 14.6 Å². The molecule has 29 heavy (non-hydrogen) atoms. The number of fused-ring (bicyclic) bond motifs is 1. The molecule has 0 amide bonds. The van der Waals surface area contributed by atoms with Crippen LogP contribution in [0, 0.1) is 0 Å². The van der Waals surface area contributed by atoms with Crippen LogP contribution in [-0.4, -0.2) is 60.3 Å². The Labute approximate surface area is 174 Å². The summed E-state index contributed by atoms with van der Waals surface area (Å²) >= 11 is 6.43. The van der Waals surface area contributed by atoms with Crippen molar-refractivity contribution in [3.8, 4) is 16.9 Å². The molecule has 1 aliphatic heterocycles. The molecule has 1 aromatic heterocycles. The molecule has 0 atom stereocenters. The predicted molar refractivity (Wildman–Crippen MR) is 115 cm³/mol. The maximum atomic E-state index is 11.4. The molecule has 152 valence electrons. The van der Waals surface area contributed by atoms with Gasteiger partial charge in [-0.1, -0.05) is 23.7 Å². The van der Waals surface area contributed by atoms with Crippen molar-refractivity contribution in [1.82, 2.24) is 15.2 Å². The first-order chi connectivity index (χ1) is 14.1. The normalized spacial score (nSPS) is 14.9. The average molecular weight is 414 g/mol. The maximum absolute atomic E-state index is 11.4. The van der Waals surface area contributed by atoms with Crippen molar-refractivity contribution in [2.24, 2.45) is 0 Å². The summed E-state index contributed by atoms with van der Waals surface area (Å²) < 4.78 is 5.87. The van der Waals surface area contributed by atoms with Gasteiger partial charge >= 0.3 is 5.97 Å². The Bertz CT molecular complexity index is 994. The Morgan fingerprint density at radius 3 is 2.66 bits per heavy atom. The lowest BCUT2D eigenvalue weighted by Crippen LogP contribution is -2.43. The molecule has 0 radical (unpaired) electrons. The summed E-state index contributed by atoms with van der Waals surface area (Å²) in [7, 11) is 0. The van der Waals surface area contributed by atoms with Crippen LogP contribution in [0.25, 0.3) is 22.0 Å². The standard InChI is InChI=1S/C22H24ClN3O3/c23-20-13-21-18(19(14-25-21)22(27)28)12-17(20)15-2-4-16(5-3-15)29-11-1-8-26-9-6-24-7-10-26/h2-5,12-14,24-25H,1,6-11H2,(H,27,28). The van der Waals surface area contributed by atoms with Gasteiger partial charge in [0.25, 0.3) is 0 Å². The Morgan fingerprint density at radius 2 is 1.93 bits per heavy atom. The zero-order chi connectivity index (χ0) is 20.2. The number of piperazine rings is 1. The highest BCUT2D eigenvalue weighted by atomic mass is 35.5. The lowest BCUT2D eigenvalue weighted by molar-refractivity contribution is 0.0699.